The number of benzene rings is 2. The molecule has 2 aromatic rings. The maximum absolute atomic E-state index is 12.8. The molecule has 6 nitrogen and oxygen atoms in total. The van der Waals surface area contributed by atoms with Crippen molar-refractivity contribution in [3.8, 4) is 11.5 Å². The number of hydrogen-bond donors (Lipinski definition) is 3. The van der Waals surface area contributed by atoms with Gasteiger partial charge in [0.1, 0.15) is 17.1 Å². The Labute approximate surface area is 157 Å². The first-order valence-corrected chi connectivity index (χ1v) is 8.50. The van der Waals surface area contributed by atoms with Gasteiger partial charge in [0, 0.05) is 28.7 Å². The summed E-state index contributed by atoms with van der Waals surface area (Å²) in [5, 5.41) is 31.7. The average molecular weight is 388 g/mol. The molecule has 0 saturated carbocycles. The summed E-state index contributed by atoms with van der Waals surface area (Å²) in [6.07, 6.45) is -4.73. The van der Waals surface area contributed by atoms with Crippen LogP contribution in [0.5, 0.6) is 11.5 Å². The van der Waals surface area contributed by atoms with E-state index >= 15 is 0 Å². The normalized spacial score (nSPS) is 20.6. The van der Waals surface area contributed by atoms with Gasteiger partial charge in [0.15, 0.2) is 11.6 Å². The largest absolute Gasteiger partial charge is 0.507 e. The number of ketones is 3. The monoisotopic (exact) mass is 388 g/mol. The van der Waals surface area contributed by atoms with Gasteiger partial charge in [-0.05, 0) is 12.8 Å². The average Bonchev–Trinajstić information content (AvgIpc) is 2.68. The Kier molecular flexibility index (Phi) is 3.87. The van der Waals surface area contributed by atoms with E-state index in [-0.39, 0.29) is 34.2 Å². The molecular weight excluding hydrogens is 374 g/mol. The molecule has 0 unspecified atom stereocenters. The number of phenolic OH excluding ortho intramolecular Hbond substituents is 2. The van der Waals surface area contributed by atoms with E-state index in [1.165, 1.54) is 18.2 Å². The predicted octanol–water partition coefficient (Wildman–Crippen LogP) is 1.93. The molecule has 8 heteroatoms. The molecule has 3 N–H and O–H groups in total. The summed E-state index contributed by atoms with van der Waals surface area (Å²) in [5.41, 5.74) is -3.25. The second-order valence-electron chi connectivity index (χ2n) is 6.98. The maximum atomic E-state index is 12.8. The van der Waals surface area contributed by atoms with Crippen LogP contribution in [0.3, 0.4) is 0 Å². The summed E-state index contributed by atoms with van der Waals surface area (Å²) in [6, 6.07) is 5.91. The fourth-order valence-electron chi connectivity index (χ4n) is 4.00. The van der Waals surface area contributed by atoms with E-state index in [0.29, 0.717) is 0 Å². The van der Waals surface area contributed by atoms with Gasteiger partial charge in [-0.3, -0.25) is 14.4 Å². The van der Waals surface area contributed by atoms with Crippen LogP contribution in [0, 0.1) is 0 Å². The maximum Gasteiger partial charge on any atom is 0.298 e. The van der Waals surface area contributed by atoms with Crippen molar-refractivity contribution in [1.82, 2.24) is 0 Å². The Morgan fingerprint density at radius 2 is 1.46 bits per heavy atom. The van der Waals surface area contributed by atoms with Crippen molar-refractivity contribution in [3.63, 3.8) is 0 Å². The van der Waals surface area contributed by atoms with Crippen molar-refractivity contribution in [2.75, 3.05) is 0 Å². The lowest BCUT2D eigenvalue weighted by molar-refractivity contribution is -0.150. The molecule has 1 atom stereocenters. The molecule has 2 aliphatic rings. The Morgan fingerprint density at radius 1 is 0.964 bits per heavy atom. The van der Waals surface area contributed by atoms with E-state index in [0.717, 1.165) is 0 Å². The number of Topliss-reactive ketones (excluding diaryl/α,β-unsaturated/α-hetero) is 1. The van der Waals surface area contributed by atoms with Gasteiger partial charge in [-0.25, -0.2) is 8.78 Å². The molecule has 144 valence electrons. The zero-order valence-electron chi connectivity index (χ0n) is 14.3. The molecule has 2 aromatic carbocycles. The highest BCUT2D eigenvalue weighted by Crippen LogP contribution is 2.47. The molecule has 0 saturated heterocycles. The SMILES string of the molecule is O=C1c2ccccc2C(=O)c2c(O)c3c(c(O)c21)CC[C@](O)(C(=O)C(F)F)C3. The molecule has 0 amide bonds. The predicted molar refractivity (Wildman–Crippen MR) is 91.1 cm³/mol. The number of hydrogen-bond acceptors (Lipinski definition) is 6. The molecule has 0 aliphatic heterocycles. The summed E-state index contributed by atoms with van der Waals surface area (Å²) in [5.74, 6) is -4.28. The topological polar surface area (TPSA) is 112 Å². The van der Waals surface area contributed by atoms with Crippen LogP contribution in [0.2, 0.25) is 0 Å². The third-order valence-corrected chi connectivity index (χ3v) is 5.44. The highest BCUT2D eigenvalue weighted by molar-refractivity contribution is 6.30. The lowest BCUT2D eigenvalue weighted by Crippen LogP contribution is -2.47. The highest BCUT2D eigenvalue weighted by atomic mass is 19.3. The molecule has 0 aromatic heterocycles. The van der Waals surface area contributed by atoms with E-state index in [9.17, 15) is 38.5 Å². The Balaban J connectivity index is 1.93. The van der Waals surface area contributed by atoms with Crippen LogP contribution in [-0.4, -0.2) is 44.7 Å². The Bertz CT molecular complexity index is 1070. The second-order valence-corrected chi connectivity index (χ2v) is 6.98. The summed E-state index contributed by atoms with van der Waals surface area (Å²) >= 11 is 0. The lowest BCUT2D eigenvalue weighted by Gasteiger charge is -2.34. The van der Waals surface area contributed by atoms with Crippen LogP contribution in [-0.2, 0) is 17.6 Å². The Morgan fingerprint density at radius 3 is 1.96 bits per heavy atom. The molecule has 28 heavy (non-hydrogen) atoms. The van der Waals surface area contributed by atoms with E-state index < -0.39 is 59.3 Å². The first-order chi connectivity index (χ1) is 13.2. The van der Waals surface area contributed by atoms with Crippen molar-refractivity contribution in [1.29, 1.82) is 0 Å². The molecule has 4 rings (SSSR count). The van der Waals surface area contributed by atoms with Gasteiger partial charge in [0.2, 0.25) is 5.78 Å². The summed E-state index contributed by atoms with van der Waals surface area (Å²) < 4.78 is 25.7. The summed E-state index contributed by atoms with van der Waals surface area (Å²) in [6.45, 7) is 0. The van der Waals surface area contributed by atoms with Crippen LogP contribution in [0.4, 0.5) is 8.78 Å². The number of rotatable bonds is 2. The van der Waals surface area contributed by atoms with Gasteiger partial charge in [-0.15, -0.1) is 0 Å². The first kappa shape index (κ1) is 18.2. The van der Waals surface area contributed by atoms with E-state index in [1.807, 2.05) is 0 Å². The van der Waals surface area contributed by atoms with Crippen molar-refractivity contribution < 1.29 is 38.5 Å². The van der Waals surface area contributed by atoms with Crippen LogP contribution in [0.1, 0.15) is 49.4 Å². The number of carbonyl (C=O) groups excluding carboxylic acids is 3. The third-order valence-electron chi connectivity index (χ3n) is 5.44. The van der Waals surface area contributed by atoms with Gasteiger partial charge < -0.3 is 15.3 Å². The number of fused-ring (bicyclic) bond motifs is 3. The first-order valence-electron chi connectivity index (χ1n) is 8.50. The van der Waals surface area contributed by atoms with Gasteiger partial charge in [-0.1, -0.05) is 24.3 Å². The fourth-order valence-corrected chi connectivity index (χ4v) is 4.00. The smallest absolute Gasteiger partial charge is 0.298 e. The second kappa shape index (κ2) is 5.93. The van der Waals surface area contributed by atoms with E-state index in [1.54, 1.807) is 6.07 Å². The fraction of sp³-hybridized carbons (Fsp3) is 0.250. The Hall–Kier alpha value is -3.13. The number of alkyl halides is 2. The number of carbonyl (C=O) groups is 3. The molecule has 0 spiro atoms. The van der Waals surface area contributed by atoms with Gasteiger partial charge in [0.25, 0.3) is 6.43 Å². The minimum atomic E-state index is -3.41. The van der Waals surface area contributed by atoms with Crippen LogP contribution in [0.15, 0.2) is 24.3 Å². The van der Waals surface area contributed by atoms with E-state index in [2.05, 4.69) is 0 Å². The molecule has 2 aliphatic carbocycles. The lowest BCUT2D eigenvalue weighted by atomic mass is 9.73. The minimum absolute atomic E-state index is 0.0318. The molecule has 0 fully saturated rings. The molecular formula is C20H14F2O6. The van der Waals surface area contributed by atoms with Crippen molar-refractivity contribution in [2.45, 2.75) is 31.3 Å². The van der Waals surface area contributed by atoms with Crippen molar-refractivity contribution >= 4 is 17.3 Å². The third kappa shape index (κ3) is 2.31. The standard InChI is InChI=1S/C20H14F2O6/c21-19(22)18(27)20(28)6-5-10-11(7-20)17(26)13-12(16(10)25)14(23)8-3-1-2-4-9(8)15(13)24/h1-4,19,25-26,28H,5-7H2/t20-/m1/s1. The van der Waals surface area contributed by atoms with Gasteiger partial charge >= 0.3 is 0 Å². The highest BCUT2D eigenvalue weighted by Gasteiger charge is 2.47. The summed E-state index contributed by atoms with van der Waals surface area (Å²) in [7, 11) is 0. The number of phenols is 2. The molecule has 0 bridgehead atoms. The van der Waals surface area contributed by atoms with Crippen LogP contribution < -0.4 is 0 Å². The summed E-state index contributed by atoms with van der Waals surface area (Å²) in [4.78, 5) is 37.4. The zero-order chi connectivity index (χ0) is 20.4. The molecule has 0 radical (unpaired) electrons. The van der Waals surface area contributed by atoms with Crippen LogP contribution >= 0.6 is 0 Å². The van der Waals surface area contributed by atoms with Crippen LogP contribution in [0.25, 0.3) is 0 Å². The molecule has 0 heterocycles. The van der Waals surface area contributed by atoms with Gasteiger partial charge in [-0.2, -0.15) is 0 Å². The quantitative estimate of drug-likeness (QED) is 0.579. The minimum Gasteiger partial charge on any atom is -0.507 e. The number of aliphatic hydroxyl groups is 1. The van der Waals surface area contributed by atoms with Crippen molar-refractivity contribution in [2.24, 2.45) is 0 Å². The zero-order valence-corrected chi connectivity index (χ0v) is 14.3. The number of aromatic hydroxyl groups is 2. The number of halogens is 2. The van der Waals surface area contributed by atoms with Crippen molar-refractivity contribution in [3.05, 3.63) is 57.6 Å². The van der Waals surface area contributed by atoms with E-state index in [4.69, 9.17) is 0 Å². The van der Waals surface area contributed by atoms with Gasteiger partial charge in [0.05, 0.1) is 11.1 Å².